The Morgan fingerprint density at radius 3 is 2.39 bits per heavy atom. The van der Waals surface area contributed by atoms with Crippen LogP contribution in [0.2, 0.25) is 0 Å². The Morgan fingerprint density at radius 2 is 1.70 bits per heavy atom. The minimum atomic E-state index is -2.85. The van der Waals surface area contributed by atoms with Gasteiger partial charge in [0.15, 0.2) is 9.84 Å². The molecule has 0 spiro atoms. The molecule has 2 fully saturated rings. The summed E-state index contributed by atoms with van der Waals surface area (Å²) >= 11 is 0. The summed E-state index contributed by atoms with van der Waals surface area (Å²) in [5.74, 6) is 0.589. The second kappa shape index (κ2) is 7.01. The average molecular weight is 336 g/mol. The Kier molecular flexibility index (Phi) is 5.02. The van der Waals surface area contributed by atoms with Crippen molar-refractivity contribution in [2.45, 2.75) is 25.8 Å². The monoisotopic (exact) mass is 336 g/mol. The maximum absolute atomic E-state index is 12.6. The predicted octanol–water partition coefficient (Wildman–Crippen LogP) is 1.54. The lowest BCUT2D eigenvalue weighted by Gasteiger charge is -2.28. The van der Waals surface area contributed by atoms with Crippen LogP contribution < -0.4 is 0 Å². The van der Waals surface area contributed by atoms with E-state index in [1.54, 1.807) is 0 Å². The number of likely N-dealkylation sites (tertiary alicyclic amines) is 1. The largest absolute Gasteiger partial charge is 0.339 e. The third-order valence-electron chi connectivity index (χ3n) is 4.66. The smallest absolute Gasteiger partial charge is 0.253 e. The van der Waals surface area contributed by atoms with Crippen LogP contribution in [0.1, 0.15) is 35.2 Å². The van der Waals surface area contributed by atoms with Crippen LogP contribution in [0.5, 0.6) is 0 Å². The van der Waals surface area contributed by atoms with E-state index in [0.29, 0.717) is 19.6 Å². The van der Waals surface area contributed by atoms with Crippen molar-refractivity contribution in [3.05, 3.63) is 35.4 Å². The molecule has 1 aromatic carbocycles. The highest BCUT2D eigenvalue weighted by atomic mass is 32.2. The first-order chi connectivity index (χ1) is 11.0. The zero-order valence-electron chi connectivity index (χ0n) is 13.4. The summed E-state index contributed by atoms with van der Waals surface area (Å²) in [5, 5.41) is 0. The molecule has 3 rings (SSSR count). The van der Waals surface area contributed by atoms with Gasteiger partial charge >= 0.3 is 0 Å². The fraction of sp³-hybridized carbons (Fsp3) is 0.588. The van der Waals surface area contributed by atoms with E-state index in [9.17, 15) is 13.2 Å². The number of nitrogens with zero attached hydrogens (tertiary/aromatic N) is 2. The zero-order valence-corrected chi connectivity index (χ0v) is 14.2. The molecule has 1 aromatic rings. The van der Waals surface area contributed by atoms with Crippen LogP contribution in [0.3, 0.4) is 0 Å². The summed E-state index contributed by atoms with van der Waals surface area (Å²) in [6, 6.07) is 7.77. The van der Waals surface area contributed by atoms with E-state index in [1.807, 2.05) is 29.2 Å². The van der Waals surface area contributed by atoms with Gasteiger partial charge in [0.25, 0.3) is 5.91 Å². The summed E-state index contributed by atoms with van der Waals surface area (Å²) in [7, 11) is -2.85. The number of hydrogen-bond acceptors (Lipinski definition) is 4. The molecule has 0 N–H and O–H groups in total. The molecule has 0 atom stereocenters. The SMILES string of the molecule is O=C(c1cccc(CN2CCS(=O)(=O)CC2)c1)N1CCCCC1. The van der Waals surface area contributed by atoms with Gasteiger partial charge in [-0.25, -0.2) is 8.42 Å². The second-order valence-electron chi connectivity index (χ2n) is 6.48. The van der Waals surface area contributed by atoms with Crippen LogP contribution in [0.15, 0.2) is 24.3 Å². The summed E-state index contributed by atoms with van der Waals surface area (Å²) < 4.78 is 23.0. The highest BCUT2D eigenvalue weighted by molar-refractivity contribution is 7.91. The van der Waals surface area contributed by atoms with Crippen molar-refractivity contribution in [1.82, 2.24) is 9.80 Å². The van der Waals surface area contributed by atoms with Crippen molar-refractivity contribution in [3.63, 3.8) is 0 Å². The third kappa shape index (κ3) is 4.32. The number of sulfone groups is 1. The first kappa shape index (κ1) is 16.5. The van der Waals surface area contributed by atoms with E-state index in [2.05, 4.69) is 4.90 Å². The molecule has 2 saturated heterocycles. The number of amides is 1. The van der Waals surface area contributed by atoms with E-state index >= 15 is 0 Å². The number of piperidine rings is 1. The molecule has 0 aromatic heterocycles. The van der Waals surface area contributed by atoms with E-state index in [4.69, 9.17) is 0 Å². The van der Waals surface area contributed by atoms with E-state index in [0.717, 1.165) is 37.1 Å². The van der Waals surface area contributed by atoms with Gasteiger partial charge < -0.3 is 4.90 Å². The first-order valence-electron chi connectivity index (χ1n) is 8.34. The first-order valence-corrected chi connectivity index (χ1v) is 10.2. The van der Waals surface area contributed by atoms with Crippen LogP contribution in [-0.2, 0) is 16.4 Å². The van der Waals surface area contributed by atoms with Gasteiger partial charge in [0.05, 0.1) is 11.5 Å². The van der Waals surface area contributed by atoms with Gasteiger partial charge in [-0.05, 0) is 37.0 Å². The lowest BCUT2D eigenvalue weighted by atomic mass is 10.1. The van der Waals surface area contributed by atoms with Crippen molar-refractivity contribution >= 4 is 15.7 Å². The summed E-state index contributed by atoms with van der Waals surface area (Å²) in [5.41, 5.74) is 1.82. The molecule has 0 unspecified atom stereocenters. The quantitative estimate of drug-likeness (QED) is 0.840. The van der Waals surface area contributed by atoms with Gasteiger partial charge in [-0.3, -0.25) is 9.69 Å². The minimum absolute atomic E-state index is 0.118. The summed E-state index contributed by atoms with van der Waals surface area (Å²) in [4.78, 5) is 16.6. The Labute approximate surface area is 138 Å². The van der Waals surface area contributed by atoms with Crippen LogP contribution >= 0.6 is 0 Å². The molecule has 0 bridgehead atoms. The third-order valence-corrected chi connectivity index (χ3v) is 6.27. The number of rotatable bonds is 3. The van der Waals surface area contributed by atoms with E-state index in [-0.39, 0.29) is 17.4 Å². The Morgan fingerprint density at radius 1 is 1.00 bits per heavy atom. The molecule has 0 aliphatic carbocycles. The van der Waals surface area contributed by atoms with Crippen molar-refractivity contribution in [3.8, 4) is 0 Å². The van der Waals surface area contributed by atoms with Crippen LogP contribution in [0, 0.1) is 0 Å². The Balaban J connectivity index is 1.64. The molecule has 0 saturated carbocycles. The maximum atomic E-state index is 12.6. The number of hydrogen-bond donors (Lipinski definition) is 0. The highest BCUT2D eigenvalue weighted by Gasteiger charge is 2.22. The van der Waals surface area contributed by atoms with Crippen molar-refractivity contribution in [1.29, 1.82) is 0 Å². The Hall–Kier alpha value is -1.40. The average Bonchev–Trinajstić information content (AvgIpc) is 2.57. The molecule has 2 aliphatic rings. The van der Waals surface area contributed by atoms with Gasteiger partial charge in [0.2, 0.25) is 0 Å². The Bertz CT molecular complexity index is 652. The highest BCUT2D eigenvalue weighted by Crippen LogP contribution is 2.16. The maximum Gasteiger partial charge on any atom is 0.253 e. The molecule has 2 aliphatic heterocycles. The molecule has 6 heteroatoms. The van der Waals surface area contributed by atoms with E-state index < -0.39 is 9.84 Å². The molecular formula is C17H24N2O3S. The topological polar surface area (TPSA) is 57.7 Å². The lowest BCUT2D eigenvalue weighted by Crippen LogP contribution is -2.39. The summed E-state index contributed by atoms with van der Waals surface area (Å²) in [6.07, 6.45) is 3.39. The minimum Gasteiger partial charge on any atom is -0.339 e. The van der Waals surface area contributed by atoms with Crippen molar-refractivity contribution in [2.24, 2.45) is 0 Å². The fourth-order valence-electron chi connectivity index (χ4n) is 3.25. The molecule has 2 heterocycles. The lowest BCUT2D eigenvalue weighted by molar-refractivity contribution is 0.0724. The molecule has 5 nitrogen and oxygen atoms in total. The normalized spacial score (nSPS) is 22.0. The standard InChI is InChI=1S/C17H24N2O3S/c20-17(19-7-2-1-3-8-19)16-6-4-5-15(13-16)14-18-9-11-23(21,22)12-10-18/h4-6,13H,1-3,7-12,14H2. The molecule has 126 valence electrons. The fourth-order valence-corrected chi connectivity index (χ4v) is 4.53. The molecule has 23 heavy (non-hydrogen) atoms. The number of benzene rings is 1. The molecule has 1 amide bonds. The van der Waals surface area contributed by atoms with Crippen molar-refractivity contribution < 1.29 is 13.2 Å². The predicted molar refractivity (Wildman–Crippen MR) is 90.1 cm³/mol. The van der Waals surface area contributed by atoms with Crippen LogP contribution in [-0.4, -0.2) is 61.8 Å². The van der Waals surface area contributed by atoms with Crippen LogP contribution in [0.25, 0.3) is 0 Å². The second-order valence-corrected chi connectivity index (χ2v) is 8.78. The van der Waals surface area contributed by atoms with Gasteiger partial charge in [-0.1, -0.05) is 12.1 Å². The van der Waals surface area contributed by atoms with Gasteiger partial charge in [-0.15, -0.1) is 0 Å². The van der Waals surface area contributed by atoms with Crippen LogP contribution in [0.4, 0.5) is 0 Å². The van der Waals surface area contributed by atoms with Gasteiger partial charge in [0.1, 0.15) is 0 Å². The number of carbonyl (C=O) groups excluding carboxylic acids is 1. The molecule has 0 radical (unpaired) electrons. The molecular weight excluding hydrogens is 312 g/mol. The number of carbonyl (C=O) groups is 1. The van der Waals surface area contributed by atoms with E-state index in [1.165, 1.54) is 6.42 Å². The van der Waals surface area contributed by atoms with Gasteiger partial charge in [0, 0.05) is 38.3 Å². The summed E-state index contributed by atoms with van der Waals surface area (Å²) in [6.45, 7) is 3.57. The van der Waals surface area contributed by atoms with Gasteiger partial charge in [-0.2, -0.15) is 0 Å². The van der Waals surface area contributed by atoms with Crippen molar-refractivity contribution in [2.75, 3.05) is 37.7 Å². The zero-order chi connectivity index (χ0) is 16.3.